The Balaban J connectivity index is 1.56. The van der Waals surface area contributed by atoms with E-state index in [-0.39, 0.29) is 36.0 Å². The van der Waals surface area contributed by atoms with E-state index in [4.69, 9.17) is 9.47 Å². The topological polar surface area (TPSA) is 140 Å². The van der Waals surface area contributed by atoms with Crippen LogP contribution in [0.4, 0.5) is 5.69 Å². The van der Waals surface area contributed by atoms with Gasteiger partial charge < -0.3 is 24.5 Å². The highest BCUT2D eigenvalue weighted by Gasteiger charge is 2.21. The van der Waals surface area contributed by atoms with Crippen LogP contribution in [0, 0.1) is 0 Å². The smallest absolute Gasteiger partial charge is 0.329 e. The Kier molecular flexibility index (Phi) is 7.76. The molecule has 11 nitrogen and oxygen atoms in total. The fourth-order valence-corrected chi connectivity index (χ4v) is 4.34. The molecule has 1 atom stereocenters. The summed E-state index contributed by atoms with van der Waals surface area (Å²) in [6, 6.07) is 16.0. The normalized spacial score (nSPS) is 11.9. The highest BCUT2D eigenvalue weighted by atomic mass is 32.2. The Labute approximate surface area is 209 Å². The number of aromatic amines is 1. The van der Waals surface area contributed by atoms with Crippen molar-refractivity contribution in [2.24, 2.45) is 7.05 Å². The number of H-pyrrole nitrogens is 1. The molecule has 1 amide bonds. The van der Waals surface area contributed by atoms with Crippen LogP contribution in [0.15, 0.2) is 69.3 Å². The number of carbonyl (C=O) groups excluding carboxylic acids is 1. The zero-order chi connectivity index (χ0) is 25.7. The van der Waals surface area contributed by atoms with E-state index in [1.165, 1.54) is 23.3 Å². The van der Waals surface area contributed by atoms with Gasteiger partial charge in [0.1, 0.15) is 12.7 Å². The molecule has 0 fully saturated rings. The number of aliphatic hydroxyl groups excluding tert-OH is 1. The number of ether oxygens (including phenoxy) is 2. The van der Waals surface area contributed by atoms with Gasteiger partial charge in [-0.15, -0.1) is 0 Å². The molecular weight excluding hydrogens is 486 g/mol. The summed E-state index contributed by atoms with van der Waals surface area (Å²) in [5, 5.41) is 13.8. The number of aromatic nitrogens is 4. The molecule has 4 rings (SSSR count). The van der Waals surface area contributed by atoms with Crippen LogP contribution in [-0.2, 0) is 18.4 Å². The Hall–Kier alpha value is -4.03. The van der Waals surface area contributed by atoms with E-state index in [1.807, 2.05) is 18.2 Å². The summed E-state index contributed by atoms with van der Waals surface area (Å²) in [5.41, 5.74) is -0.346. The van der Waals surface area contributed by atoms with E-state index in [9.17, 15) is 19.5 Å². The van der Waals surface area contributed by atoms with Gasteiger partial charge in [-0.05, 0) is 24.3 Å². The maximum atomic E-state index is 12.7. The molecule has 4 aromatic rings. The maximum absolute atomic E-state index is 12.7. The first-order valence-corrected chi connectivity index (χ1v) is 12.0. The number of carbonyl (C=O) groups is 1. The fourth-order valence-electron chi connectivity index (χ4n) is 3.53. The molecule has 12 heteroatoms. The summed E-state index contributed by atoms with van der Waals surface area (Å²) in [6.45, 7) is -0.155. The lowest BCUT2D eigenvalue weighted by Crippen LogP contribution is -2.30. The SMILES string of the molecule is COc1ccccc1OCC(O)Cn1c(SCC(=O)Nc2ccccc2)nc2c1c(=O)[nH]c(=O)n2C. The first kappa shape index (κ1) is 25.1. The van der Waals surface area contributed by atoms with Gasteiger partial charge in [0.15, 0.2) is 27.8 Å². The number of hydrogen-bond acceptors (Lipinski definition) is 8. The number of nitrogens with one attached hydrogen (secondary N) is 2. The van der Waals surface area contributed by atoms with Gasteiger partial charge in [0.2, 0.25) is 5.91 Å². The molecule has 0 saturated carbocycles. The first-order valence-electron chi connectivity index (χ1n) is 11.0. The third-order valence-corrected chi connectivity index (χ3v) is 6.23. The quantitative estimate of drug-likeness (QED) is 0.273. The van der Waals surface area contributed by atoms with E-state index in [0.29, 0.717) is 22.3 Å². The number of aliphatic hydroxyl groups is 1. The first-order chi connectivity index (χ1) is 17.4. The number of fused-ring (bicyclic) bond motifs is 1. The van der Waals surface area contributed by atoms with Crippen molar-refractivity contribution in [3.63, 3.8) is 0 Å². The highest BCUT2D eigenvalue weighted by Crippen LogP contribution is 2.26. The molecule has 0 radical (unpaired) electrons. The fraction of sp³-hybridized carbons (Fsp3) is 0.250. The standard InChI is InChI=1S/C24H25N5O6S/c1-28-21-20(22(32)27-23(28)33)29(12-16(30)13-35-18-11-7-6-10-17(18)34-2)24(26-21)36-14-19(31)25-15-8-4-3-5-9-15/h3-11,16,30H,12-14H2,1-2H3,(H,25,31)(H,27,32,33). The second kappa shape index (κ2) is 11.1. The van der Waals surface area contributed by atoms with E-state index in [2.05, 4.69) is 15.3 Å². The molecule has 0 bridgehead atoms. The van der Waals surface area contributed by atoms with Crippen LogP contribution in [0.2, 0.25) is 0 Å². The van der Waals surface area contributed by atoms with Gasteiger partial charge in [0.05, 0.1) is 19.4 Å². The number of imidazole rings is 1. The molecule has 2 heterocycles. The summed E-state index contributed by atoms with van der Waals surface area (Å²) < 4.78 is 13.7. The number of aryl methyl sites for hydroxylation is 1. The molecule has 0 saturated heterocycles. The molecular formula is C24H25N5O6S. The molecule has 188 valence electrons. The molecule has 2 aromatic carbocycles. The molecule has 2 aromatic heterocycles. The average Bonchev–Trinajstić information content (AvgIpc) is 3.24. The number of thioether (sulfide) groups is 1. The average molecular weight is 512 g/mol. The Morgan fingerprint density at radius 1 is 1.14 bits per heavy atom. The zero-order valence-corrected chi connectivity index (χ0v) is 20.4. The number of rotatable bonds is 10. The van der Waals surface area contributed by atoms with Gasteiger partial charge in [-0.3, -0.25) is 19.1 Å². The third-order valence-electron chi connectivity index (χ3n) is 5.26. The van der Waals surface area contributed by atoms with Crippen LogP contribution in [0.3, 0.4) is 0 Å². The van der Waals surface area contributed by atoms with Crippen molar-refractivity contribution in [1.82, 2.24) is 19.1 Å². The Morgan fingerprint density at radius 2 is 1.83 bits per heavy atom. The van der Waals surface area contributed by atoms with Crippen LogP contribution in [0.25, 0.3) is 11.2 Å². The minimum Gasteiger partial charge on any atom is -0.493 e. The summed E-state index contributed by atoms with van der Waals surface area (Å²) >= 11 is 1.09. The molecule has 0 spiro atoms. The zero-order valence-electron chi connectivity index (χ0n) is 19.6. The highest BCUT2D eigenvalue weighted by molar-refractivity contribution is 7.99. The van der Waals surface area contributed by atoms with Gasteiger partial charge in [-0.1, -0.05) is 42.1 Å². The number of para-hydroxylation sites is 3. The van der Waals surface area contributed by atoms with Gasteiger partial charge in [0.25, 0.3) is 5.56 Å². The van der Waals surface area contributed by atoms with Gasteiger partial charge in [-0.25, -0.2) is 9.78 Å². The summed E-state index contributed by atoms with van der Waals surface area (Å²) in [4.78, 5) is 43.9. The number of benzene rings is 2. The van der Waals surface area contributed by atoms with E-state index in [1.54, 1.807) is 36.4 Å². The monoisotopic (exact) mass is 511 g/mol. The van der Waals surface area contributed by atoms with Crippen LogP contribution in [0.1, 0.15) is 0 Å². The van der Waals surface area contributed by atoms with Crippen LogP contribution < -0.4 is 26.0 Å². The van der Waals surface area contributed by atoms with Crippen molar-refractivity contribution >= 4 is 34.5 Å². The predicted molar refractivity (Wildman–Crippen MR) is 136 cm³/mol. The van der Waals surface area contributed by atoms with E-state index in [0.717, 1.165) is 11.8 Å². The van der Waals surface area contributed by atoms with Crippen molar-refractivity contribution in [1.29, 1.82) is 0 Å². The number of anilines is 1. The molecule has 3 N–H and O–H groups in total. The van der Waals surface area contributed by atoms with Crippen molar-refractivity contribution in [2.75, 3.05) is 24.8 Å². The minimum atomic E-state index is -1.04. The van der Waals surface area contributed by atoms with Crippen molar-refractivity contribution in [3.05, 3.63) is 75.4 Å². The summed E-state index contributed by atoms with van der Waals surface area (Å²) in [7, 11) is 3.00. The maximum Gasteiger partial charge on any atom is 0.329 e. The lowest BCUT2D eigenvalue weighted by Gasteiger charge is -2.16. The van der Waals surface area contributed by atoms with Gasteiger partial charge >= 0.3 is 5.69 Å². The molecule has 0 aliphatic carbocycles. The number of methoxy groups -OCH3 is 1. The van der Waals surface area contributed by atoms with Crippen molar-refractivity contribution in [2.45, 2.75) is 17.8 Å². The van der Waals surface area contributed by atoms with Crippen LogP contribution in [-0.4, -0.2) is 55.7 Å². The van der Waals surface area contributed by atoms with Gasteiger partial charge in [0, 0.05) is 12.7 Å². The minimum absolute atomic E-state index is 0.00211. The molecule has 0 aliphatic heterocycles. The summed E-state index contributed by atoms with van der Waals surface area (Å²) in [6.07, 6.45) is -1.04. The molecule has 0 aliphatic rings. The lowest BCUT2D eigenvalue weighted by molar-refractivity contribution is -0.113. The molecule has 1 unspecified atom stereocenters. The lowest BCUT2D eigenvalue weighted by atomic mass is 10.3. The van der Waals surface area contributed by atoms with Crippen LogP contribution >= 0.6 is 11.8 Å². The van der Waals surface area contributed by atoms with E-state index >= 15 is 0 Å². The summed E-state index contributed by atoms with van der Waals surface area (Å²) in [5.74, 6) is 0.706. The third kappa shape index (κ3) is 5.61. The number of hydrogen-bond donors (Lipinski definition) is 3. The number of nitrogens with zero attached hydrogens (tertiary/aromatic N) is 3. The number of amides is 1. The predicted octanol–water partition coefficient (Wildman–Crippen LogP) is 1.60. The molecule has 36 heavy (non-hydrogen) atoms. The van der Waals surface area contributed by atoms with Crippen molar-refractivity contribution in [3.8, 4) is 11.5 Å². The second-order valence-electron chi connectivity index (χ2n) is 7.81. The van der Waals surface area contributed by atoms with Gasteiger partial charge in [-0.2, -0.15) is 0 Å². The van der Waals surface area contributed by atoms with Crippen molar-refractivity contribution < 1.29 is 19.4 Å². The Bertz CT molecular complexity index is 1480. The van der Waals surface area contributed by atoms with Crippen LogP contribution in [0.5, 0.6) is 11.5 Å². The second-order valence-corrected chi connectivity index (χ2v) is 8.76. The van der Waals surface area contributed by atoms with E-state index < -0.39 is 17.4 Å². The largest absolute Gasteiger partial charge is 0.493 e. The Morgan fingerprint density at radius 3 is 2.56 bits per heavy atom.